The van der Waals surface area contributed by atoms with Gasteiger partial charge in [0.05, 0.1) is 17.8 Å². The summed E-state index contributed by atoms with van der Waals surface area (Å²) < 4.78 is 0. The van der Waals surface area contributed by atoms with E-state index in [1.165, 1.54) is 18.2 Å². The van der Waals surface area contributed by atoms with Crippen LogP contribution < -0.4 is 0 Å². The van der Waals surface area contributed by atoms with Crippen LogP contribution in [0.15, 0.2) is 18.2 Å². The number of aliphatic hydroxyl groups excluding tert-OH is 1. The Labute approximate surface area is 87.8 Å². The second kappa shape index (κ2) is 4.00. The number of benzene rings is 1. The van der Waals surface area contributed by atoms with Crippen molar-refractivity contribution in [2.45, 2.75) is 26.1 Å². The van der Waals surface area contributed by atoms with Gasteiger partial charge in [0, 0.05) is 0 Å². The molecule has 0 bridgehead atoms. The summed E-state index contributed by atoms with van der Waals surface area (Å²) in [6, 6.07) is 4.30. The summed E-state index contributed by atoms with van der Waals surface area (Å²) in [5.74, 6) is -1.05. The molecule has 0 aliphatic heterocycles. The van der Waals surface area contributed by atoms with Gasteiger partial charge in [-0.2, -0.15) is 0 Å². The minimum Gasteiger partial charge on any atom is -0.478 e. The molecule has 0 aromatic heterocycles. The van der Waals surface area contributed by atoms with Crippen molar-refractivity contribution in [1.29, 1.82) is 0 Å². The van der Waals surface area contributed by atoms with Gasteiger partial charge in [0.25, 0.3) is 0 Å². The third-order valence-electron chi connectivity index (χ3n) is 2.18. The Bertz CT molecular complexity index is 377. The number of carboxylic acid groups (broad SMARTS) is 1. The van der Waals surface area contributed by atoms with Crippen LogP contribution in [0.25, 0.3) is 0 Å². The lowest BCUT2D eigenvalue weighted by Crippen LogP contribution is -2.18. The van der Waals surface area contributed by atoms with Crippen molar-refractivity contribution in [1.82, 2.24) is 0 Å². The third-order valence-corrected chi connectivity index (χ3v) is 2.18. The Balaban J connectivity index is 3.27. The molecule has 1 aromatic carbocycles. The fourth-order valence-electron chi connectivity index (χ4n) is 1.45. The molecule has 0 fully saturated rings. The van der Waals surface area contributed by atoms with Gasteiger partial charge in [-0.25, -0.2) is 4.79 Å². The van der Waals surface area contributed by atoms with Crippen LogP contribution in [0.4, 0.5) is 0 Å². The van der Waals surface area contributed by atoms with Crippen molar-refractivity contribution in [2.75, 3.05) is 0 Å². The highest BCUT2D eigenvalue weighted by Crippen LogP contribution is 2.24. The smallest absolute Gasteiger partial charge is 0.335 e. The minimum atomic E-state index is -1.09. The second-order valence-corrected chi connectivity index (χ2v) is 3.89. The quantitative estimate of drug-likeness (QED) is 0.698. The number of rotatable bonds is 3. The fraction of sp³-hybridized carbons (Fsp3) is 0.364. The molecular weight excluding hydrogens is 196 g/mol. The molecule has 0 radical (unpaired) electrons. The Kier molecular flexibility index (Phi) is 3.12. The first-order valence-electron chi connectivity index (χ1n) is 4.56. The second-order valence-electron chi connectivity index (χ2n) is 3.89. The predicted molar refractivity (Wildman–Crippen MR) is 54.6 cm³/mol. The lowest BCUT2D eigenvalue weighted by molar-refractivity contribution is 0.0689. The average molecular weight is 210 g/mol. The first-order chi connectivity index (χ1) is 6.86. The molecule has 3 N–H and O–H groups in total. The summed E-state index contributed by atoms with van der Waals surface area (Å²) in [6.07, 6.45) is 0. The molecule has 0 heterocycles. The molecule has 1 rings (SSSR count). The molecule has 1 aromatic rings. The fourth-order valence-corrected chi connectivity index (χ4v) is 1.45. The standard InChI is InChI=1S/C11H14O4/c1-11(2,15)9-4-3-7(10(13)14)5-8(9)6-12/h3-5,12,15H,6H2,1-2H3,(H,13,14). The van der Waals surface area contributed by atoms with E-state index in [0.29, 0.717) is 11.1 Å². The van der Waals surface area contributed by atoms with E-state index in [1.807, 2.05) is 0 Å². The van der Waals surface area contributed by atoms with Gasteiger partial charge >= 0.3 is 5.97 Å². The van der Waals surface area contributed by atoms with E-state index in [2.05, 4.69) is 0 Å². The zero-order valence-corrected chi connectivity index (χ0v) is 8.69. The zero-order chi connectivity index (χ0) is 11.6. The zero-order valence-electron chi connectivity index (χ0n) is 8.69. The topological polar surface area (TPSA) is 77.8 Å². The van der Waals surface area contributed by atoms with Crippen LogP contribution in [0.1, 0.15) is 35.3 Å². The van der Waals surface area contributed by atoms with E-state index in [4.69, 9.17) is 10.2 Å². The van der Waals surface area contributed by atoms with Gasteiger partial charge in [-0.3, -0.25) is 0 Å². The molecule has 0 atom stereocenters. The van der Waals surface area contributed by atoms with E-state index in [9.17, 15) is 9.90 Å². The van der Waals surface area contributed by atoms with Crippen LogP contribution in [0, 0.1) is 0 Å². The molecule has 15 heavy (non-hydrogen) atoms. The Hall–Kier alpha value is -1.39. The van der Waals surface area contributed by atoms with E-state index in [-0.39, 0.29) is 12.2 Å². The normalized spacial score (nSPS) is 11.5. The van der Waals surface area contributed by atoms with Crippen molar-refractivity contribution >= 4 is 5.97 Å². The van der Waals surface area contributed by atoms with Gasteiger partial charge in [0.2, 0.25) is 0 Å². The number of aliphatic hydroxyl groups is 2. The maximum Gasteiger partial charge on any atom is 0.335 e. The highest BCUT2D eigenvalue weighted by molar-refractivity contribution is 5.87. The third kappa shape index (κ3) is 2.55. The van der Waals surface area contributed by atoms with Crippen molar-refractivity contribution < 1.29 is 20.1 Å². The minimum absolute atomic E-state index is 0.104. The number of aromatic carboxylic acids is 1. The average Bonchev–Trinajstić information content (AvgIpc) is 2.15. The Morgan fingerprint density at radius 2 is 2.00 bits per heavy atom. The molecule has 0 saturated heterocycles. The maximum absolute atomic E-state index is 10.7. The van der Waals surface area contributed by atoms with E-state index in [0.717, 1.165) is 0 Å². The van der Waals surface area contributed by atoms with Crippen LogP contribution in [0.3, 0.4) is 0 Å². The number of carboxylic acids is 1. The maximum atomic E-state index is 10.7. The van der Waals surface area contributed by atoms with Crippen LogP contribution >= 0.6 is 0 Å². The highest BCUT2D eigenvalue weighted by atomic mass is 16.4. The van der Waals surface area contributed by atoms with E-state index < -0.39 is 11.6 Å². The SMILES string of the molecule is CC(C)(O)c1ccc(C(=O)O)cc1CO. The summed E-state index contributed by atoms with van der Waals surface area (Å²) in [7, 11) is 0. The molecule has 4 nitrogen and oxygen atoms in total. The van der Waals surface area contributed by atoms with Gasteiger partial charge in [-0.05, 0) is 37.1 Å². The van der Waals surface area contributed by atoms with Crippen LogP contribution in [-0.4, -0.2) is 21.3 Å². The molecular formula is C11H14O4. The molecule has 82 valence electrons. The summed E-state index contributed by atoms with van der Waals surface area (Å²) in [6.45, 7) is 2.88. The summed E-state index contributed by atoms with van der Waals surface area (Å²) in [5.41, 5.74) is -0.0146. The highest BCUT2D eigenvalue weighted by Gasteiger charge is 2.20. The first-order valence-corrected chi connectivity index (χ1v) is 4.56. The molecule has 0 aliphatic carbocycles. The predicted octanol–water partition coefficient (Wildman–Crippen LogP) is 1.10. The van der Waals surface area contributed by atoms with Crippen molar-refractivity contribution in [3.05, 3.63) is 34.9 Å². The molecule has 4 heteroatoms. The number of carbonyl (C=O) groups is 1. The van der Waals surface area contributed by atoms with Gasteiger partial charge < -0.3 is 15.3 Å². The Morgan fingerprint density at radius 3 is 2.40 bits per heavy atom. The van der Waals surface area contributed by atoms with E-state index in [1.54, 1.807) is 13.8 Å². The largest absolute Gasteiger partial charge is 0.478 e. The summed E-state index contributed by atoms with van der Waals surface area (Å²) in [4.78, 5) is 10.7. The van der Waals surface area contributed by atoms with Crippen LogP contribution in [0.2, 0.25) is 0 Å². The van der Waals surface area contributed by atoms with Gasteiger partial charge in [0.1, 0.15) is 0 Å². The van der Waals surface area contributed by atoms with Crippen molar-refractivity contribution in [2.24, 2.45) is 0 Å². The van der Waals surface area contributed by atoms with Crippen molar-refractivity contribution in [3.63, 3.8) is 0 Å². The molecule has 0 aliphatic rings. The first kappa shape index (κ1) is 11.7. The Morgan fingerprint density at radius 1 is 1.40 bits per heavy atom. The monoisotopic (exact) mass is 210 g/mol. The van der Waals surface area contributed by atoms with Crippen LogP contribution in [0.5, 0.6) is 0 Å². The number of hydrogen-bond acceptors (Lipinski definition) is 3. The van der Waals surface area contributed by atoms with Gasteiger partial charge in [0.15, 0.2) is 0 Å². The van der Waals surface area contributed by atoms with Crippen LogP contribution in [-0.2, 0) is 12.2 Å². The summed E-state index contributed by atoms with van der Waals surface area (Å²) >= 11 is 0. The van der Waals surface area contributed by atoms with Gasteiger partial charge in [-0.15, -0.1) is 0 Å². The molecule has 0 unspecified atom stereocenters. The lowest BCUT2D eigenvalue weighted by atomic mass is 9.92. The van der Waals surface area contributed by atoms with E-state index >= 15 is 0 Å². The molecule has 0 spiro atoms. The molecule has 0 saturated carbocycles. The number of hydrogen-bond donors (Lipinski definition) is 3. The lowest BCUT2D eigenvalue weighted by Gasteiger charge is -2.21. The van der Waals surface area contributed by atoms with Gasteiger partial charge in [-0.1, -0.05) is 6.07 Å². The molecule has 0 amide bonds. The van der Waals surface area contributed by atoms with Crippen molar-refractivity contribution in [3.8, 4) is 0 Å². The summed E-state index contributed by atoms with van der Waals surface area (Å²) in [5, 5.41) is 27.6.